The van der Waals surface area contributed by atoms with Gasteiger partial charge >= 0.3 is 12.2 Å². The third kappa shape index (κ3) is 17.4. The van der Waals surface area contributed by atoms with Gasteiger partial charge < -0.3 is 42.9 Å². The average Bonchev–Trinajstić information content (AvgIpc) is 3.37. The number of amides is 2. The molecule has 0 saturated carbocycles. The number of nitrogens with zero attached hydrogens (tertiary/aromatic N) is 3. The minimum Gasteiger partial charge on any atom is -0.370 e. The van der Waals surface area contributed by atoms with Gasteiger partial charge in [-0.1, -0.05) is 52.0 Å². The summed E-state index contributed by atoms with van der Waals surface area (Å²) in [6.45, 7) is 16.3. The average molecular weight is 725 g/mol. The molecular formula is C35H59F3N10O3. The van der Waals surface area contributed by atoms with Crippen LogP contribution < -0.4 is 38.7 Å². The molecule has 1 aromatic carbocycles. The molecule has 2 aromatic rings. The summed E-state index contributed by atoms with van der Waals surface area (Å²) in [7, 11) is 0. The molecule has 3 rings (SSSR count). The van der Waals surface area contributed by atoms with Crippen LogP contribution in [0.3, 0.4) is 0 Å². The Bertz CT molecular complexity index is 1430. The summed E-state index contributed by atoms with van der Waals surface area (Å²) >= 11 is 0. The summed E-state index contributed by atoms with van der Waals surface area (Å²) in [5, 5.41) is 9.05. The number of aromatic nitrogens is 2. The van der Waals surface area contributed by atoms with Crippen molar-refractivity contribution in [3.8, 4) is 11.1 Å². The Morgan fingerprint density at radius 1 is 1.14 bits per heavy atom. The van der Waals surface area contributed by atoms with E-state index in [1.807, 2.05) is 72.7 Å². The fraction of sp³-hybridized carbons (Fsp3) is 0.657. The lowest BCUT2D eigenvalue weighted by Gasteiger charge is -2.26. The van der Waals surface area contributed by atoms with Crippen LogP contribution >= 0.6 is 0 Å². The number of H-pyrrole nitrogens is 1. The molecule has 0 aliphatic carbocycles. The van der Waals surface area contributed by atoms with Crippen LogP contribution in [-0.4, -0.2) is 96.6 Å². The summed E-state index contributed by atoms with van der Waals surface area (Å²) in [6, 6.07) is 7.33. The van der Waals surface area contributed by atoms with Crippen molar-refractivity contribution in [1.82, 2.24) is 30.8 Å². The molecule has 2 amide bonds. The second-order valence-electron chi connectivity index (χ2n) is 15.1. The first-order valence-corrected chi connectivity index (χ1v) is 17.3. The van der Waals surface area contributed by atoms with E-state index in [-0.39, 0.29) is 53.1 Å². The molecule has 1 aliphatic heterocycles. The van der Waals surface area contributed by atoms with Gasteiger partial charge in [-0.3, -0.25) is 14.7 Å². The van der Waals surface area contributed by atoms with Crippen LogP contribution in [0, 0.1) is 5.92 Å². The number of guanidine groups is 1. The SMILES string of the molecule is CC(C)(C)c1ncc(-c2ccc(CNCCCN=C(N)N)cc2)c(=O)[nH]1.C[C@@H](CN)CN1C[C@H](NC(=O)NC(C)(C)C)C[C@@H]1COCC(F)(F)F. The van der Waals surface area contributed by atoms with Crippen LogP contribution in [0.4, 0.5) is 18.0 Å². The van der Waals surface area contributed by atoms with Gasteiger partial charge in [-0.2, -0.15) is 13.2 Å². The third-order valence-corrected chi connectivity index (χ3v) is 7.79. The van der Waals surface area contributed by atoms with Gasteiger partial charge in [0.25, 0.3) is 5.56 Å². The van der Waals surface area contributed by atoms with Gasteiger partial charge in [0.05, 0.1) is 12.2 Å². The molecule has 16 heteroatoms. The number of carbonyl (C=O) groups excluding carboxylic acids is 1. The molecule has 0 bridgehead atoms. The summed E-state index contributed by atoms with van der Waals surface area (Å²) in [5.41, 5.74) is 18.1. The maximum absolute atomic E-state index is 12.4. The number of halogens is 3. The number of hydrogen-bond donors (Lipinski definition) is 7. The standard InChI is InChI=1S/C19H28N6O.C16H31F3N4O2/c1-19(2,3)17-24-12-15(16(26)25-17)14-7-5-13(6-8-14)11-22-9-4-10-23-18(20)21;1-11(6-20)7-23-8-12(21-14(24)22-15(2,3)4)5-13(23)9-25-10-16(17,18)19/h5-8,12,22H,4,9-11H2,1-3H3,(H4,20,21,23)(H,24,25,26);11-13H,5-10,20H2,1-4H3,(H2,21,22,24)/t;11-,12+,13+/m.0/s1. The van der Waals surface area contributed by atoms with Gasteiger partial charge in [-0.15, -0.1) is 0 Å². The molecule has 1 saturated heterocycles. The molecule has 1 aromatic heterocycles. The van der Waals surface area contributed by atoms with Crippen molar-refractivity contribution in [2.24, 2.45) is 28.1 Å². The van der Waals surface area contributed by atoms with Gasteiger partial charge in [-0.25, -0.2) is 9.78 Å². The summed E-state index contributed by atoms with van der Waals surface area (Å²) < 4.78 is 41.7. The molecule has 1 fully saturated rings. The quantitative estimate of drug-likeness (QED) is 0.0868. The minimum absolute atomic E-state index is 0.0180. The lowest BCUT2D eigenvalue weighted by Crippen LogP contribution is -2.50. The van der Waals surface area contributed by atoms with Gasteiger partial charge in [-0.05, 0) is 63.7 Å². The Kier molecular flexibility index (Phi) is 16.8. The highest BCUT2D eigenvalue weighted by Crippen LogP contribution is 2.22. The van der Waals surface area contributed by atoms with Gasteiger partial charge in [0.15, 0.2) is 5.96 Å². The lowest BCUT2D eigenvalue weighted by molar-refractivity contribution is -0.176. The number of aliphatic imine (C=N–C) groups is 1. The highest BCUT2D eigenvalue weighted by Gasteiger charge is 2.35. The molecular weight excluding hydrogens is 665 g/mol. The Labute approximate surface area is 299 Å². The Hall–Kier alpha value is -3.73. The van der Waals surface area contributed by atoms with E-state index in [2.05, 4.69) is 35.8 Å². The molecule has 0 spiro atoms. The Morgan fingerprint density at radius 2 is 1.80 bits per heavy atom. The molecule has 0 radical (unpaired) electrons. The van der Waals surface area contributed by atoms with E-state index in [0.29, 0.717) is 44.0 Å². The van der Waals surface area contributed by atoms with E-state index in [1.165, 1.54) is 0 Å². The number of urea groups is 1. The third-order valence-electron chi connectivity index (χ3n) is 7.79. The number of benzene rings is 1. The molecule has 13 nitrogen and oxygen atoms in total. The zero-order chi connectivity index (χ0) is 38.4. The summed E-state index contributed by atoms with van der Waals surface area (Å²) in [4.78, 5) is 37.6. The Morgan fingerprint density at radius 3 is 2.35 bits per heavy atom. The topological polar surface area (TPSA) is 202 Å². The van der Waals surface area contributed by atoms with Crippen molar-refractivity contribution in [3.05, 3.63) is 52.2 Å². The number of alkyl halides is 3. The number of hydrogen-bond acceptors (Lipinski definition) is 8. The predicted octanol–water partition coefficient (Wildman–Crippen LogP) is 3.19. The summed E-state index contributed by atoms with van der Waals surface area (Å²) in [5.74, 6) is 1.03. The van der Waals surface area contributed by atoms with E-state index in [1.54, 1.807) is 6.20 Å². The number of ether oxygens (including phenoxy) is 1. The molecule has 2 heterocycles. The van der Waals surface area contributed by atoms with E-state index in [9.17, 15) is 22.8 Å². The molecule has 10 N–H and O–H groups in total. The Balaban J connectivity index is 0.000000354. The number of likely N-dealkylation sites (tertiary alicyclic amines) is 1. The van der Waals surface area contributed by atoms with Crippen molar-refractivity contribution >= 4 is 12.0 Å². The van der Waals surface area contributed by atoms with Crippen LogP contribution in [-0.2, 0) is 16.7 Å². The van der Waals surface area contributed by atoms with E-state index in [4.69, 9.17) is 21.9 Å². The second-order valence-corrected chi connectivity index (χ2v) is 15.1. The van der Waals surface area contributed by atoms with Crippen molar-refractivity contribution in [1.29, 1.82) is 0 Å². The van der Waals surface area contributed by atoms with E-state index < -0.39 is 12.8 Å². The molecule has 1 aliphatic rings. The van der Waals surface area contributed by atoms with Crippen LogP contribution in [0.15, 0.2) is 40.2 Å². The van der Waals surface area contributed by atoms with Crippen LogP contribution in [0.5, 0.6) is 0 Å². The van der Waals surface area contributed by atoms with E-state index in [0.717, 1.165) is 30.6 Å². The lowest BCUT2D eigenvalue weighted by atomic mass is 9.95. The highest BCUT2D eigenvalue weighted by atomic mass is 19.4. The molecule has 51 heavy (non-hydrogen) atoms. The smallest absolute Gasteiger partial charge is 0.370 e. The predicted molar refractivity (Wildman–Crippen MR) is 196 cm³/mol. The second kappa shape index (κ2) is 19.8. The van der Waals surface area contributed by atoms with E-state index >= 15 is 0 Å². The number of carbonyl (C=O) groups is 1. The van der Waals surface area contributed by atoms with Crippen LogP contribution in [0.1, 0.15) is 72.7 Å². The fourth-order valence-electron chi connectivity index (χ4n) is 5.26. The zero-order valence-electron chi connectivity index (χ0n) is 31.1. The molecule has 0 unspecified atom stereocenters. The largest absolute Gasteiger partial charge is 0.411 e. The monoisotopic (exact) mass is 724 g/mol. The number of aromatic amines is 1. The maximum Gasteiger partial charge on any atom is 0.411 e. The van der Waals surface area contributed by atoms with Crippen LogP contribution in [0.25, 0.3) is 11.1 Å². The van der Waals surface area contributed by atoms with Gasteiger partial charge in [0.1, 0.15) is 12.4 Å². The zero-order valence-corrected chi connectivity index (χ0v) is 31.1. The highest BCUT2D eigenvalue weighted by molar-refractivity contribution is 5.75. The minimum atomic E-state index is -4.34. The molecule has 3 atom stereocenters. The fourth-order valence-corrected chi connectivity index (χ4v) is 5.26. The number of rotatable bonds is 14. The normalized spacial score (nSPS) is 17.3. The maximum atomic E-state index is 12.4. The molecule has 288 valence electrons. The van der Waals surface area contributed by atoms with Crippen molar-refractivity contribution in [3.63, 3.8) is 0 Å². The van der Waals surface area contributed by atoms with Gasteiger partial charge in [0, 0.05) is 55.4 Å². The van der Waals surface area contributed by atoms with Crippen molar-refractivity contribution in [2.75, 3.05) is 45.9 Å². The first-order chi connectivity index (χ1) is 23.7. The summed E-state index contributed by atoms with van der Waals surface area (Å²) in [6.07, 6.45) is -1.27. The van der Waals surface area contributed by atoms with Gasteiger partial charge in [0.2, 0.25) is 0 Å². The van der Waals surface area contributed by atoms with Crippen molar-refractivity contribution < 1.29 is 22.7 Å². The first-order valence-electron chi connectivity index (χ1n) is 17.3. The number of nitrogens with two attached hydrogens (primary N) is 3. The van der Waals surface area contributed by atoms with Crippen molar-refractivity contribution in [2.45, 2.75) is 97.1 Å². The first kappa shape index (κ1) is 43.4. The van der Waals surface area contributed by atoms with Crippen LogP contribution in [0.2, 0.25) is 0 Å². The number of nitrogens with one attached hydrogen (secondary N) is 4.